The predicted molar refractivity (Wildman–Crippen MR) is 111 cm³/mol. The van der Waals surface area contributed by atoms with E-state index in [1.165, 1.54) is 25.3 Å². The first-order valence-electron chi connectivity index (χ1n) is 9.07. The highest BCUT2D eigenvalue weighted by atomic mass is 35.5. The third-order valence-corrected chi connectivity index (χ3v) is 4.83. The lowest BCUT2D eigenvalue weighted by molar-refractivity contribution is -0.151. The summed E-state index contributed by atoms with van der Waals surface area (Å²) >= 11 is 6.20. The second-order valence-electron chi connectivity index (χ2n) is 6.38. The summed E-state index contributed by atoms with van der Waals surface area (Å²) in [7, 11) is 1.48. The first kappa shape index (κ1) is 21.4. The number of fused-ring (bicyclic) bond motifs is 1. The van der Waals surface area contributed by atoms with Crippen LogP contribution < -0.4 is 4.74 Å². The molecule has 1 heterocycles. The van der Waals surface area contributed by atoms with Crippen molar-refractivity contribution < 1.29 is 28.6 Å². The van der Waals surface area contributed by atoms with Crippen LogP contribution in [-0.2, 0) is 20.9 Å². The topological polar surface area (TPSA) is 77.8 Å². The van der Waals surface area contributed by atoms with Gasteiger partial charge in [0.1, 0.15) is 17.3 Å². The van der Waals surface area contributed by atoms with E-state index in [-0.39, 0.29) is 18.7 Å². The lowest BCUT2D eigenvalue weighted by Crippen LogP contribution is -2.15. The molecule has 8 heteroatoms. The zero-order chi connectivity index (χ0) is 21.8. The van der Waals surface area contributed by atoms with Crippen LogP contribution in [0.25, 0.3) is 16.7 Å². The van der Waals surface area contributed by atoms with Crippen molar-refractivity contribution in [3.8, 4) is 5.75 Å². The molecule has 0 fully saturated rings. The van der Waals surface area contributed by atoms with Gasteiger partial charge in [-0.3, -0.25) is 4.79 Å². The van der Waals surface area contributed by atoms with Gasteiger partial charge in [0.2, 0.25) is 0 Å². The molecule has 0 aliphatic heterocycles. The van der Waals surface area contributed by atoms with Crippen molar-refractivity contribution in [2.75, 3.05) is 13.7 Å². The van der Waals surface area contributed by atoms with Gasteiger partial charge in [0.05, 0.1) is 24.6 Å². The second kappa shape index (κ2) is 9.00. The van der Waals surface area contributed by atoms with Crippen LogP contribution in [0.4, 0.5) is 4.39 Å². The number of halogens is 2. The Kier molecular flexibility index (Phi) is 6.42. The summed E-state index contributed by atoms with van der Waals surface area (Å²) in [6, 6.07) is 9.31. The molecular weight excluding hydrogens is 413 g/mol. The predicted octanol–water partition coefficient (Wildman–Crippen LogP) is 4.52. The van der Waals surface area contributed by atoms with Gasteiger partial charge >= 0.3 is 5.97 Å². The van der Waals surface area contributed by atoms with Crippen LogP contribution >= 0.6 is 11.6 Å². The Balaban J connectivity index is 2.12. The molecule has 0 atom stereocenters. The third kappa shape index (κ3) is 4.31. The molecule has 156 valence electrons. The van der Waals surface area contributed by atoms with E-state index in [2.05, 4.69) is 4.74 Å². The maximum Gasteiger partial charge on any atom is 0.379 e. The van der Waals surface area contributed by atoms with Crippen molar-refractivity contribution in [2.45, 2.75) is 13.5 Å². The van der Waals surface area contributed by atoms with Gasteiger partial charge in [0.15, 0.2) is 0 Å². The molecule has 0 amide bonds. The van der Waals surface area contributed by atoms with Crippen LogP contribution in [0, 0.1) is 5.82 Å². The van der Waals surface area contributed by atoms with Crippen molar-refractivity contribution >= 4 is 40.0 Å². The standard InChI is InChI=1S/C22H19ClFNO5/c1-3-30-22(28)19(27)10-18(26)15-12-25(11-13-9-14(24)7-8-16(13)23)17-5-4-6-20(29-2)21(15)17/h4-10,12,26H,3,11H2,1-2H3/b18-10-. The molecule has 0 bridgehead atoms. The van der Waals surface area contributed by atoms with Gasteiger partial charge in [-0.2, -0.15) is 0 Å². The van der Waals surface area contributed by atoms with E-state index in [0.29, 0.717) is 27.2 Å². The fourth-order valence-electron chi connectivity index (χ4n) is 3.13. The molecule has 0 aliphatic carbocycles. The molecule has 0 saturated heterocycles. The first-order valence-corrected chi connectivity index (χ1v) is 9.45. The molecule has 30 heavy (non-hydrogen) atoms. The van der Waals surface area contributed by atoms with Gasteiger partial charge < -0.3 is 19.1 Å². The molecule has 2 aromatic carbocycles. The number of ether oxygens (including phenoxy) is 2. The summed E-state index contributed by atoms with van der Waals surface area (Å²) in [4.78, 5) is 23.6. The smallest absolute Gasteiger partial charge is 0.379 e. The fourth-order valence-corrected chi connectivity index (χ4v) is 3.30. The van der Waals surface area contributed by atoms with Crippen LogP contribution in [0.2, 0.25) is 5.02 Å². The Hall–Kier alpha value is -3.32. The van der Waals surface area contributed by atoms with E-state index in [1.807, 2.05) is 0 Å². The Labute approximate surface area is 177 Å². The molecule has 1 N–H and O–H groups in total. The van der Waals surface area contributed by atoms with Crippen molar-refractivity contribution in [3.63, 3.8) is 0 Å². The number of hydrogen-bond acceptors (Lipinski definition) is 5. The molecule has 3 aromatic rings. The van der Waals surface area contributed by atoms with Crippen molar-refractivity contribution in [2.24, 2.45) is 0 Å². The minimum Gasteiger partial charge on any atom is -0.507 e. The largest absolute Gasteiger partial charge is 0.507 e. The highest BCUT2D eigenvalue weighted by Crippen LogP contribution is 2.34. The number of carbonyl (C=O) groups excluding carboxylic acids is 2. The average Bonchev–Trinajstić information content (AvgIpc) is 3.09. The van der Waals surface area contributed by atoms with Gasteiger partial charge in [-0.15, -0.1) is 0 Å². The Morgan fingerprint density at radius 3 is 2.73 bits per heavy atom. The Morgan fingerprint density at radius 1 is 1.27 bits per heavy atom. The lowest BCUT2D eigenvalue weighted by atomic mass is 10.1. The number of nitrogens with zero attached hydrogens (tertiary/aromatic N) is 1. The van der Waals surface area contributed by atoms with Crippen molar-refractivity contribution in [1.29, 1.82) is 0 Å². The maximum atomic E-state index is 13.7. The number of hydrogen-bond donors (Lipinski definition) is 1. The van der Waals surface area contributed by atoms with Gasteiger partial charge in [-0.1, -0.05) is 17.7 Å². The van der Waals surface area contributed by atoms with E-state index >= 15 is 0 Å². The van der Waals surface area contributed by atoms with E-state index in [4.69, 9.17) is 16.3 Å². The SMILES string of the molecule is CCOC(=O)C(=O)/C=C(\O)c1cn(Cc2cc(F)ccc2Cl)c2cccc(OC)c12. The van der Waals surface area contributed by atoms with Gasteiger partial charge in [0.25, 0.3) is 5.78 Å². The number of methoxy groups -OCH3 is 1. The number of rotatable bonds is 7. The first-order chi connectivity index (χ1) is 14.3. The number of esters is 1. The Morgan fingerprint density at radius 2 is 2.03 bits per heavy atom. The molecule has 0 saturated carbocycles. The summed E-state index contributed by atoms with van der Waals surface area (Å²) < 4.78 is 25.5. The van der Waals surface area contributed by atoms with Crippen LogP contribution in [0.5, 0.6) is 5.75 Å². The number of aliphatic hydroxyl groups is 1. The van der Waals surface area contributed by atoms with Gasteiger partial charge in [0, 0.05) is 29.4 Å². The summed E-state index contributed by atoms with van der Waals surface area (Å²) in [6.45, 7) is 1.82. The molecule has 1 aromatic heterocycles. The number of aliphatic hydroxyl groups excluding tert-OH is 1. The molecular formula is C22H19ClFNO5. The minimum atomic E-state index is -1.06. The van der Waals surface area contributed by atoms with Crippen LogP contribution in [0.3, 0.4) is 0 Å². The van der Waals surface area contributed by atoms with Crippen LogP contribution in [-0.4, -0.2) is 35.1 Å². The van der Waals surface area contributed by atoms with Crippen molar-refractivity contribution in [1.82, 2.24) is 4.57 Å². The third-order valence-electron chi connectivity index (χ3n) is 4.46. The van der Waals surface area contributed by atoms with Gasteiger partial charge in [-0.05, 0) is 42.8 Å². The summed E-state index contributed by atoms with van der Waals surface area (Å²) in [6.07, 6.45) is 2.39. The van der Waals surface area contributed by atoms with Crippen LogP contribution in [0.1, 0.15) is 18.1 Å². The maximum absolute atomic E-state index is 13.7. The molecule has 6 nitrogen and oxygen atoms in total. The molecule has 0 aliphatic rings. The van der Waals surface area contributed by atoms with Crippen molar-refractivity contribution in [3.05, 3.63) is 70.6 Å². The monoisotopic (exact) mass is 431 g/mol. The average molecular weight is 432 g/mol. The fraction of sp³-hybridized carbons (Fsp3) is 0.182. The zero-order valence-corrected chi connectivity index (χ0v) is 17.1. The van der Waals surface area contributed by atoms with E-state index in [1.54, 1.807) is 35.9 Å². The second-order valence-corrected chi connectivity index (χ2v) is 6.78. The zero-order valence-electron chi connectivity index (χ0n) is 16.3. The molecule has 0 spiro atoms. The summed E-state index contributed by atoms with van der Waals surface area (Å²) in [5, 5.41) is 11.5. The highest BCUT2D eigenvalue weighted by molar-refractivity contribution is 6.39. The quantitative estimate of drug-likeness (QED) is 0.257. The molecule has 3 rings (SSSR count). The minimum absolute atomic E-state index is 0.0424. The van der Waals surface area contributed by atoms with Gasteiger partial charge in [-0.25, -0.2) is 9.18 Å². The number of aromatic nitrogens is 1. The normalized spacial score (nSPS) is 11.5. The summed E-state index contributed by atoms with van der Waals surface area (Å²) in [5.41, 5.74) is 1.47. The number of carbonyl (C=O) groups is 2. The van der Waals surface area contributed by atoms with E-state index < -0.39 is 23.3 Å². The highest BCUT2D eigenvalue weighted by Gasteiger charge is 2.20. The molecule has 0 unspecified atom stereocenters. The Bertz CT molecular complexity index is 1150. The number of ketones is 1. The number of benzene rings is 2. The lowest BCUT2D eigenvalue weighted by Gasteiger charge is -2.08. The van der Waals surface area contributed by atoms with E-state index in [0.717, 1.165) is 6.08 Å². The molecule has 0 radical (unpaired) electrons. The van der Waals surface area contributed by atoms with Crippen LogP contribution in [0.15, 0.2) is 48.7 Å². The van der Waals surface area contributed by atoms with E-state index in [9.17, 15) is 19.1 Å². The summed E-state index contributed by atoms with van der Waals surface area (Å²) in [5.74, 6) is -2.45.